The SMILES string of the molecule is CN(CCn1ccnc1)[C@@H](/C=C/C(C)(C)C)C(=O)O. The Balaban J connectivity index is 2.60. The van der Waals surface area contributed by atoms with E-state index in [2.05, 4.69) is 4.98 Å². The quantitative estimate of drug-likeness (QED) is 0.798. The first-order valence-corrected chi connectivity index (χ1v) is 6.38. The lowest BCUT2D eigenvalue weighted by Crippen LogP contribution is -2.38. The number of aliphatic carboxylic acids is 1. The van der Waals surface area contributed by atoms with Gasteiger partial charge in [-0.25, -0.2) is 4.98 Å². The summed E-state index contributed by atoms with van der Waals surface area (Å²) in [5.74, 6) is -0.825. The summed E-state index contributed by atoms with van der Waals surface area (Å²) in [6, 6.07) is -0.595. The Bertz CT molecular complexity index is 418. The zero-order valence-electron chi connectivity index (χ0n) is 12.1. The second-order valence-electron chi connectivity index (χ2n) is 5.79. The van der Waals surface area contributed by atoms with E-state index < -0.39 is 12.0 Å². The normalized spacial score (nSPS) is 14.2. The number of carboxylic acids is 1. The van der Waals surface area contributed by atoms with Crippen LogP contribution in [0.5, 0.6) is 0 Å². The Morgan fingerprint density at radius 1 is 1.53 bits per heavy atom. The van der Waals surface area contributed by atoms with Crippen molar-refractivity contribution in [1.82, 2.24) is 14.5 Å². The van der Waals surface area contributed by atoms with Crippen LogP contribution in [-0.2, 0) is 11.3 Å². The van der Waals surface area contributed by atoms with E-state index in [1.54, 1.807) is 18.6 Å². The second-order valence-corrected chi connectivity index (χ2v) is 5.79. The van der Waals surface area contributed by atoms with Gasteiger partial charge in [-0.3, -0.25) is 9.69 Å². The molecule has 5 heteroatoms. The molecule has 0 aromatic carbocycles. The average molecular weight is 265 g/mol. The number of carbonyl (C=O) groups is 1. The van der Waals surface area contributed by atoms with Crippen molar-refractivity contribution in [2.24, 2.45) is 5.41 Å². The number of hydrogen-bond donors (Lipinski definition) is 1. The molecule has 1 atom stereocenters. The van der Waals surface area contributed by atoms with Crippen LogP contribution in [0.4, 0.5) is 0 Å². The Labute approximate surface area is 114 Å². The maximum absolute atomic E-state index is 11.3. The minimum atomic E-state index is -0.825. The van der Waals surface area contributed by atoms with Gasteiger partial charge in [-0.2, -0.15) is 0 Å². The molecule has 5 nitrogen and oxygen atoms in total. The van der Waals surface area contributed by atoms with Crippen molar-refractivity contribution < 1.29 is 9.90 Å². The number of nitrogens with zero attached hydrogens (tertiary/aromatic N) is 3. The first kappa shape index (κ1) is 15.4. The van der Waals surface area contributed by atoms with Gasteiger partial charge in [0.05, 0.1) is 6.33 Å². The van der Waals surface area contributed by atoms with Gasteiger partial charge in [0.2, 0.25) is 0 Å². The molecular weight excluding hydrogens is 242 g/mol. The Kier molecular flexibility index (Phi) is 5.30. The lowest BCUT2D eigenvalue weighted by molar-refractivity contribution is -0.140. The summed E-state index contributed by atoms with van der Waals surface area (Å²) in [5, 5.41) is 9.29. The van der Waals surface area contributed by atoms with Crippen LogP contribution in [0.3, 0.4) is 0 Å². The van der Waals surface area contributed by atoms with E-state index in [9.17, 15) is 9.90 Å². The van der Waals surface area contributed by atoms with Crippen molar-refractivity contribution in [3.8, 4) is 0 Å². The zero-order chi connectivity index (χ0) is 14.5. The van der Waals surface area contributed by atoms with Gasteiger partial charge >= 0.3 is 5.97 Å². The average Bonchev–Trinajstić information content (AvgIpc) is 2.77. The molecule has 0 aliphatic heterocycles. The van der Waals surface area contributed by atoms with Crippen LogP contribution >= 0.6 is 0 Å². The molecule has 1 heterocycles. The molecule has 0 unspecified atom stereocenters. The van der Waals surface area contributed by atoms with E-state index >= 15 is 0 Å². The predicted octanol–water partition coefficient (Wildman–Crippen LogP) is 1.87. The number of hydrogen-bond acceptors (Lipinski definition) is 3. The van der Waals surface area contributed by atoms with Crippen LogP contribution in [0.25, 0.3) is 0 Å². The topological polar surface area (TPSA) is 58.4 Å². The van der Waals surface area contributed by atoms with Gasteiger partial charge < -0.3 is 9.67 Å². The van der Waals surface area contributed by atoms with E-state index in [-0.39, 0.29) is 5.41 Å². The van der Waals surface area contributed by atoms with Crippen molar-refractivity contribution in [1.29, 1.82) is 0 Å². The van der Waals surface area contributed by atoms with Crippen molar-refractivity contribution in [2.75, 3.05) is 13.6 Å². The monoisotopic (exact) mass is 265 g/mol. The molecule has 0 radical (unpaired) electrons. The highest BCUT2D eigenvalue weighted by Gasteiger charge is 2.20. The highest BCUT2D eigenvalue weighted by molar-refractivity contribution is 5.75. The zero-order valence-corrected chi connectivity index (χ0v) is 12.1. The van der Waals surface area contributed by atoms with Crippen LogP contribution in [0.15, 0.2) is 30.9 Å². The molecule has 1 N–H and O–H groups in total. The number of likely N-dealkylation sites (N-methyl/N-ethyl adjacent to an activating group) is 1. The Morgan fingerprint density at radius 3 is 2.68 bits per heavy atom. The number of carboxylic acid groups (broad SMARTS) is 1. The summed E-state index contributed by atoms with van der Waals surface area (Å²) in [6.45, 7) is 7.53. The first-order valence-electron chi connectivity index (χ1n) is 6.38. The molecule has 0 spiro atoms. The van der Waals surface area contributed by atoms with Gasteiger partial charge in [0.25, 0.3) is 0 Å². The van der Waals surface area contributed by atoms with Crippen molar-refractivity contribution in [3.05, 3.63) is 30.9 Å². The van der Waals surface area contributed by atoms with Gasteiger partial charge in [0.1, 0.15) is 6.04 Å². The van der Waals surface area contributed by atoms with E-state index in [1.807, 2.05) is 49.6 Å². The van der Waals surface area contributed by atoms with Crippen LogP contribution in [0, 0.1) is 5.41 Å². The third kappa shape index (κ3) is 5.70. The Hall–Kier alpha value is -1.62. The minimum Gasteiger partial charge on any atom is -0.480 e. The molecule has 0 aliphatic rings. The van der Waals surface area contributed by atoms with Gasteiger partial charge in [-0.1, -0.05) is 32.9 Å². The maximum atomic E-state index is 11.3. The van der Waals surface area contributed by atoms with Crippen LogP contribution in [-0.4, -0.2) is 45.2 Å². The Morgan fingerprint density at radius 2 is 2.21 bits per heavy atom. The molecule has 0 fully saturated rings. The van der Waals surface area contributed by atoms with Gasteiger partial charge in [0.15, 0.2) is 0 Å². The van der Waals surface area contributed by atoms with Gasteiger partial charge in [0, 0.05) is 25.5 Å². The van der Waals surface area contributed by atoms with Gasteiger partial charge in [-0.05, 0) is 12.5 Å². The molecule has 0 saturated carbocycles. The fraction of sp³-hybridized carbons (Fsp3) is 0.571. The smallest absolute Gasteiger partial charge is 0.324 e. The largest absolute Gasteiger partial charge is 0.480 e. The van der Waals surface area contributed by atoms with Crippen molar-refractivity contribution in [2.45, 2.75) is 33.4 Å². The molecule has 0 amide bonds. The van der Waals surface area contributed by atoms with Crippen LogP contribution in [0.1, 0.15) is 20.8 Å². The summed E-state index contributed by atoms with van der Waals surface area (Å²) in [6.07, 6.45) is 9.02. The molecule has 19 heavy (non-hydrogen) atoms. The highest BCUT2D eigenvalue weighted by Crippen LogP contribution is 2.15. The lowest BCUT2D eigenvalue weighted by atomic mass is 9.95. The van der Waals surface area contributed by atoms with E-state index in [0.717, 1.165) is 6.54 Å². The van der Waals surface area contributed by atoms with E-state index in [0.29, 0.717) is 6.54 Å². The fourth-order valence-electron chi connectivity index (χ4n) is 1.63. The second kappa shape index (κ2) is 6.52. The van der Waals surface area contributed by atoms with E-state index in [4.69, 9.17) is 0 Å². The summed E-state index contributed by atoms with van der Waals surface area (Å²) >= 11 is 0. The maximum Gasteiger partial charge on any atom is 0.324 e. The summed E-state index contributed by atoms with van der Waals surface area (Å²) < 4.78 is 1.93. The molecule has 106 valence electrons. The highest BCUT2D eigenvalue weighted by atomic mass is 16.4. The number of allylic oxidation sites excluding steroid dienone is 1. The fourth-order valence-corrected chi connectivity index (χ4v) is 1.63. The number of rotatable bonds is 6. The third-order valence-electron chi connectivity index (χ3n) is 2.78. The molecule has 1 aromatic heterocycles. The predicted molar refractivity (Wildman–Crippen MR) is 74.9 cm³/mol. The lowest BCUT2D eigenvalue weighted by Gasteiger charge is -2.23. The van der Waals surface area contributed by atoms with Crippen molar-refractivity contribution in [3.63, 3.8) is 0 Å². The van der Waals surface area contributed by atoms with Crippen LogP contribution < -0.4 is 0 Å². The molecule has 1 rings (SSSR count). The van der Waals surface area contributed by atoms with Crippen molar-refractivity contribution >= 4 is 5.97 Å². The summed E-state index contributed by atoms with van der Waals surface area (Å²) in [7, 11) is 1.82. The number of imidazole rings is 1. The first-order chi connectivity index (χ1) is 8.79. The third-order valence-corrected chi connectivity index (χ3v) is 2.78. The molecule has 0 saturated heterocycles. The molecule has 0 bridgehead atoms. The summed E-state index contributed by atoms with van der Waals surface area (Å²) in [4.78, 5) is 17.1. The molecular formula is C14H23N3O2. The van der Waals surface area contributed by atoms with Gasteiger partial charge in [-0.15, -0.1) is 0 Å². The molecule has 0 aliphatic carbocycles. The summed E-state index contributed by atoms with van der Waals surface area (Å²) in [5.41, 5.74) is -0.0150. The molecule has 1 aromatic rings. The van der Waals surface area contributed by atoms with E-state index in [1.165, 1.54) is 0 Å². The number of aromatic nitrogens is 2. The van der Waals surface area contributed by atoms with Crippen LogP contribution in [0.2, 0.25) is 0 Å². The standard InChI is InChI=1S/C14H23N3O2/c1-14(2,3)6-5-12(13(18)19)16(4)9-10-17-8-7-15-11-17/h5-8,11-12H,9-10H2,1-4H3,(H,18,19)/b6-5+/t12-/m0/s1. The minimum absolute atomic E-state index is 0.0150.